The smallest absolute Gasteiger partial charge is 0.271 e. The zero-order valence-corrected chi connectivity index (χ0v) is 11.6. The Bertz CT molecular complexity index is 698. The van der Waals surface area contributed by atoms with E-state index in [9.17, 15) is 14.9 Å². The molecule has 0 saturated heterocycles. The molecule has 108 valence electrons. The van der Waals surface area contributed by atoms with E-state index in [0.717, 1.165) is 5.56 Å². The number of methoxy groups -OCH3 is 1. The molecular weight excluding hydrogens is 272 g/mol. The minimum absolute atomic E-state index is 0.0680. The van der Waals surface area contributed by atoms with Crippen molar-refractivity contribution in [2.45, 2.75) is 6.92 Å². The van der Waals surface area contributed by atoms with E-state index in [4.69, 9.17) is 4.74 Å². The van der Waals surface area contributed by atoms with Crippen LogP contribution < -0.4 is 10.1 Å². The van der Waals surface area contributed by atoms with Crippen LogP contribution in [0.5, 0.6) is 5.75 Å². The fourth-order valence-electron chi connectivity index (χ4n) is 1.82. The lowest BCUT2D eigenvalue weighted by Crippen LogP contribution is -2.13. The number of hydrogen-bond donors (Lipinski definition) is 1. The molecule has 2 aromatic carbocycles. The van der Waals surface area contributed by atoms with Gasteiger partial charge in [-0.05, 0) is 30.7 Å². The summed E-state index contributed by atoms with van der Waals surface area (Å²) in [7, 11) is 1.52. The summed E-state index contributed by atoms with van der Waals surface area (Å²) in [5, 5.41) is 13.5. The van der Waals surface area contributed by atoms with E-state index in [1.807, 2.05) is 0 Å². The molecule has 1 amide bonds. The molecule has 0 saturated carbocycles. The highest BCUT2D eigenvalue weighted by atomic mass is 16.6. The Hall–Kier alpha value is -2.89. The highest BCUT2D eigenvalue weighted by Crippen LogP contribution is 2.23. The Kier molecular flexibility index (Phi) is 4.18. The summed E-state index contributed by atoms with van der Waals surface area (Å²) in [6.07, 6.45) is 0. The molecule has 0 fully saturated rings. The van der Waals surface area contributed by atoms with Crippen LogP contribution in [-0.4, -0.2) is 17.9 Å². The topological polar surface area (TPSA) is 81.5 Å². The number of carbonyl (C=O) groups excluding carboxylic acids is 1. The molecule has 0 aliphatic rings. The molecule has 21 heavy (non-hydrogen) atoms. The molecule has 0 spiro atoms. The van der Waals surface area contributed by atoms with Crippen LogP contribution in [-0.2, 0) is 0 Å². The van der Waals surface area contributed by atoms with E-state index < -0.39 is 4.92 Å². The number of nitro groups is 1. The Labute approximate surface area is 121 Å². The second kappa shape index (κ2) is 6.04. The van der Waals surface area contributed by atoms with Crippen LogP contribution in [0, 0.1) is 17.0 Å². The first-order valence-electron chi connectivity index (χ1n) is 6.21. The standard InChI is InChI=1S/C15H14N2O4/c1-10-6-7-12(17(19)20)9-14(10)16-15(18)11-4-3-5-13(8-11)21-2/h3-9H,1-2H3,(H,16,18). The molecule has 2 rings (SSSR count). The first-order valence-corrected chi connectivity index (χ1v) is 6.21. The lowest BCUT2D eigenvalue weighted by Gasteiger charge is -2.09. The molecule has 0 aliphatic carbocycles. The largest absolute Gasteiger partial charge is 0.497 e. The van der Waals surface area contributed by atoms with Gasteiger partial charge >= 0.3 is 0 Å². The van der Waals surface area contributed by atoms with Gasteiger partial charge in [0.1, 0.15) is 5.75 Å². The predicted molar refractivity (Wildman–Crippen MR) is 78.8 cm³/mol. The number of rotatable bonds is 4. The molecule has 0 aliphatic heterocycles. The number of nitrogens with zero attached hydrogens (tertiary/aromatic N) is 1. The molecule has 0 bridgehead atoms. The van der Waals surface area contributed by atoms with Crippen LogP contribution in [0.2, 0.25) is 0 Å². The highest BCUT2D eigenvalue weighted by molar-refractivity contribution is 6.05. The van der Waals surface area contributed by atoms with Gasteiger partial charge in [-0.2, -0.15) is 0 Å². The van der Waals surface area contributed by atoms with Gasteiger partial charge in [-0.3, -0.25) is 14.9 Å². The van der Waals surface area contributed by atoms with Crippen molar-refractivity contribution in [3.63, 3.8) is 0 Å². The summed E-state index contributed by atoms with van der Waals surface area (Å²) < 4.78 is 5.06. The van der Waals surface area contributed by atoms with Gasteiger partial charge in [0.05, 0.1) is 17.7 Å². The number of nitro benzene ring substituents is 1. The first kappa shape index (κ1) is 14.5. The van der Waals surface area contributed by atoms with Crippen molar-refractivity contribution in [3.05, 3.63) is 63.7 Å². The normalized spacial score (nSPS) is 10.0. The maximum absolute atomic E-state index is 12.2. The third kappa shape index (κ3) is 3.36. The van der Waals surface area contributed by atoms with Gasteiger partial charge in [0, 0.05) is 17.7 Å². The molecule has 6 nitrogen and oxygen atoms in total. The van der Waals surface area contributed by atoms with Crippen molar-refractivity contribution in [1.82, 2.24) is 0 Å². The van der Waals surface area contributed by atoms with Crippen molar-refractivity contribution >= 4 is 17.3 Å². The van der Waals surface area contributed by atoms with Gasteiger partial charge in [-0.25, -0.2) is 0 Å². The van der Waals surface area contributed by atoms with Crippen molar-refractivity contribution in [1.29, 1.82) is 0 Å². The summed E-state index contributed by atoms with van der Waals surface area (Å²) in [5.74, 6) is 0.218. The molecule has 0 atom stereocenters. The minimum atomic E-state index is -0.499. The Morgan fingerprint density at radius 1 is 1.24 bits per heavy atom. The SMILES string of the molecule is COc1cccc(C(=O)Nc2cc([N+](=O)[O-])ccc2C)c1. The maximum atomic E-state index is 12.2. The van der Waals surface area contributed by atoms with Crippen molar-refractivity contribution < 1.29 is 14.5 Å². The number of amides is 1. The van der Waals surface area contributed by atoms with Gasteiger partial charge in [-0.15, -0.1) is 0 Å². The fourth-order valence-corrected chi connectivity index (χ4v) is 1.82. The van der Waals surface area contributed by atoms with Gasteiger partial charge in [0.25, 0.3) is 11.6 Å². The summed E-state index contributed by atoms with van der Waals surface area (Å²) in [6, 6.07) is 11.0. The molecule has 6 heteroatoms. The number of hydrogen-bond acceptors (Lipinski definition) is 4. The number of nitrogens with one attached hydrogen (secondary N) is 1. The van der Waals surface area contributed by atoms with E-state index in [0.29, 0.717) is 17.0 Å². The fraction of sp³-hybridized carbons (Fsp3) is 0.133. The number of benzene rings is 2. The number of non-ortho nitro benzene ring substituents is 1. The second-order valence-electron chi connectivity index (χ2n) is 4.44. The molecule has 2 aromatic rings. The second-order valence-corrected chi connectivity index (χ2v) is 4.44. The summed E-state index contributed by atoms with van der Waals surface area (Å²) in [5.41, 5.74) is 1.51. The monoisotopic (exact) mass is 286 g/mol. The Morgan fingerprint density at radius 3 is 2.67 bits per heavy atom. The summed E-state index contributed by atoms with van der Waals surface area (Å²) >= 11 is 0. The van der Waals surface area contributed by atoms with Gasteiger partial charge in [0.2, 0.25) is 0 Å². The van der Waals surface area contributed by atoms with Crippen molar-refractivity contribution in [3.8, 4) is 5.75 Å². The van der Waals surface area contributed by atoms with E-state index in [1.54, 1.807) is 37.3 Å². The average molecular weight is 286 g/mol. The molecule has 0 aromatic heterocycles. The summed E-state index contributed by atoms with van der Waals surface area (Å²) in [6.45, 7) is 1.77. The van der Waals surface area contributed by atoms with E-state index in [-0.39, 0.29) is 11.6 Å². The lowest BCUT2D eigenvalue weighted by molar-refractivity contribution is -0.384. The van der Waals surface area contributed by atoms with Crippen LogP contribution in [0.1, 0.15) is 15.9 Å². The molecule has 0 unspecified atom stereocenters. The number of carbonyl (C=O) groups is 1. The first-order chi connectivity index (χ1) is 10.0. The van der Waals surface area contributed by atoms with Crippen LogP contribution in [0.4, 0.5) is 11.4 Å². The van der Waals surface area contributed by atoms with E-state index in [1.165, 1.54) is 19.2 Å². The maximum Gasteiger partial charge on any atom is 0.271 e. The Morgan fingerprint density at radius 2 is 2.00 bits per heavy atom. The lowest BCUT2D eigenvalue weighted by atomic mass is 10.1. The third-order valence-corrected chi connectivity index (χ3v) is 3.01. The highest BCUT2D eigenvalue weighted by Gasteiger charge is 2.12. The van der Waals surface area contributed by atoms with Crippen molar-refractivity contribution in [2.75, 3.05) is 12.4 Å². The van der Waals surface area contributed by atoms with Crippen LogP contribution in [0.15, 0.2) is 42.5 Å². The van der Waals surface area contributed by atoms with E-state index in [2.05, 4.69) is 5.32 Å². The Balaban J connectivity index is 2.26. The van der Waals surface area contributed by atoms with E-state index >= 15 is 0 Å². The van der Waals surface area contributed by atoms with Crippen LogP contribution in [0.25, 0.3) is 0 Å². The van der Waals surface area contributed by atoms with Gasteiger partial charge in [-0.1, -0.05) is 12.1 Å². The third-order valence-electron chi connectivity index (χ3n) is 3.01. The molecule has 0 radical (unpaired) electrons. The van der Waals surface area contributed by atoms with Gasteiger partial charge in [0.15, 0.2) is 0 Å². The number of ether oxygens (including phenoxy) is 1. The minimum Gasteiger partial charge on any atom is -0.497 e. The van der Waals surface area contributed by atoms with Crippen molar-refractivity contribution in [2.24, 2.45) is 0 Å². The molecule has 1 N–H and O–H groups in total. The summed E-state index contributed by atoms with van der Waals surface area (Å²) in [4.78, 5) is 22.5. The predicted octanol–water partition coefficient (Wildman–Crippen LogP) is 3.16. The van der Waals surface area contributed by atoms with Gasteiger partial charge < -0.3 is 10.1 Å². The molecule has 0 heterocycles. The zero-order valence-electron chi connectivity index (χ0n) is 11.6. The number of aryl methyl sites for hydroxylation is 1. The number of anilines is 1. The average Bonchev–Trinajstić information content (AvgIpc) is 2.49. The quantitative estimate of drug-likeness (QED) is 0.691. The van der Waals surface area contributed by atoms with Crippen LogP contribution >= 0.6 is 0 Å². The zero-order chi connectivity index (χ0) is 15.4. The van der Waals surface area contributed by atoms with Crippen LogP contribution in [0.3, 0.4) is 0 Å². The molecular formula is C15H14N2O4.